The van der Waals surface area contributed by atoms with Crippen molar-refractivity contribution in [2.75, 3.05) is 16.4 Å². The fourth-order valence-corrected chi connectivity index (χ4v) is 6.17. The van der Waals surface area contributed by atoms with Gasteiger partial charge in [0.25, 0.3) is 0 Å². The molecule has 4 rings (SSSR count). The van der Waals surface area contributed by atoms with Gasteiger partial charge in [0.15, 0.2) is 5.82 Å². The fourth-order valence-electron chi connectivity index (χ4n) is 3.52. The van der Waals surface area contributed by atoms with Crippen LogP contribution in [0.1, 0.15) is 51.2 Å². The number of carbonyl (C=O) groups excluding carboxylic acids is 3. The zero-order valence-corrected chi connectivity index (χ0v) is 20.2. The number of nitrogens with one attached hydrogen (secondary N) is 2. The summed E-state index contributed by atoms with van der Waals surface area (Å²) in [7, 11) is 0. The normalized spacial score (nSPS) is 13.9. The molecule has 2 amide bonds. The smallest absolute Gasteiger partial charge is 0.238 e. The van der Waals surface area contributed by atoms with E-state index in [1.54, 1.807) is 19.9 Å². The van der Waals surface area contributed by atoms with Gasteiger partial charge in [-0.25, -0.2) is 0 Å². The molecule has 3 aromatic heterocycles. The van der Waals surface area contributed by atoms with E-state index in [1.807, 2.05) is 17.5 Å². The van der Waals surface area contributed by atoms with Crippen LogP contribution in [0, 0.1) is 6.92 Å². The number of hydrogen-bond donors (Lipinski definition) is 2. The summed E-state index contributed by atoms with van der Waals surface area (Å²) in [5.74, 6) is 0.540. The Morgan fingerprint density at radius 2 is 2.06 bits per heavy atom. The molecule has 1 unspecified atom stereocenters. The largest absolute Gasteiger partial charge is 0.360 e. The number of nitrogens with zero attached hydrogens (tertiary/aromatic N) is 1. The number of thioether (sulfide) groups is 1. The molecule has 0 fully saturated rings. The number of aromatic nitrogens is 1. The molecule has 3 heterocycles. The minimum atomic E-state index is -0.457. The molecule has 0 saturated carbocycles. The zero-order valence-electron chi connectivity index (χ0n) is 17.7. The van der Waals surface area contributed by atoms with E-state index in [1.165, 1.54) is 39.3 Å². The molecule has 3 aromatic rings. The summed E-state index contributed by atoms with van der Waals surface area (Å²) in [4.78, 5) is 40.0. The highest BCUT2D eigenvalue weighted by Crippen LogP contribution is 2.39. The number of fused-ring (bicyclic) bond motifs is 1. The molecule has 0 aromatic carbocycles. The van der Waals surface area contributed by atoms with Gasteiger partial charge < -0.3 is 15.2 Å². The van der Waals surface area contributed by atoms with Crippen molar-refractivity contribution in [1.82, 2.24) is 5.16 Å². The van der Waals surface area contributed by atoms with Crippen LogP contribution < -0.4 is 10.6 Å². The van der Waals surface area contributed by atoms with E-state index in [-0.39, 0.29) is 23.4 Å². The van der Waals surface area contributed by atoms with Gasteiger partial charge in [0.05, 0.1) is 21.4 Å². The molecule has 32 heavy (non-hydrogen) atoms. The van der Waals surface area contributed by atoms with E-state index in [2.05, 4.69) is 15.8 Å². The van der Waals surface area contributed by atoms with Crippen LogP contribution in [-0.2, 0) is 22.4 Å². The topological polar surface area (TPSA) is 101 Å². The van der Waals surface area contributed by atoms with Gasteiger partial charge in [0.1, 0.15) is 10.8 Å². The third-order valence-electron chi connectivity index (χ3n) is 5.11. The van der Waals surface area contributed by atoms with Gasteiger partial charge in [-0.3, -0.25) is 14.4 Å². The highest BCUT2D eigenvalue weighted by molar-refractivity contribution is 8.01. The Bertz CT molecular complexity index is 1130. The van der Waals surface area contributed by atoms with E-state index in [9.17, 15) is 14.4 Å². The molecule has 0 aliphatic heterocycles. The highest BCUT2D eigenvalue weighted by Gasteiger charge is 2.27. The molecule has 7 nitrogen and oxygen atoms in total. The van der Waals surface area contributed by atoms with Crippen molar-refractivity contribution in [3.63, 3.8) is 0 Å². The van der Waals surface area contributed by atoms with Crippen LogP contribution in [0.15, 0.2) is 28.1 Å². The number of thiophene rings is 2. The molecule has 1 aliphatic carbocycles. The molecular weight excluding hydrogens is 466 g/mol. The molecule has 0 radical (unpaired) electrons. The minimum Gasteiger partial charge on any atom is -0.360 e. The van der Waals surface area contributed by atoms with Crippen molar-refractivity contribution < 1.29 is 18.9 Å². The molecular formula is C22H23N3O4S3. The first kappa shape index (κ1) is 22.8. The summed E-state index contributed by atoms with van der Waals surface area (Å²) in [5, 5.41) is 11.4. The summed E-state index contributed by atoms with van der Waals surface area (Å²) in [5.41, 5.74) is 1.72. The number of aryl methyl sites for hydroxylation is 2. The Hall–Kier alpha value is -2.43. The first-order valence-corrected chi connectivity index (χ1v) is 13.0. The van der Waals surface area contributed by atoms with Gasteiger partial charge in [0, 0.05) is 10.9 Å². The molecule has 1 aliphatic rings. The van der Waals surface area contributed by atoms with Crippen molar-refractivity contribution in [3.8, 4) is 0 Å². The summed E-state index contributed by atoms with van der Waals surface area (Å²) >= 11 is 4.14. The van der Waals surface area contributed by atoms with Crippen molar-refractivity contribution in [2.24, 2.45) is 0 Å². The van der Waals surface area contributed by atoms with Crippen molar-refractivity contribution >= 4 is 62.9 Å². The molecule has 0 spiro atoms. The average Bonchev–Trinajstić information content (AvgIpc) is 3.51. The zero-order chi connectivity index (χ0) is 22.7. The van der Waals surface area contributed by atoms with E-state index in [4.69, 9.17) is 4.52 Å². The average molecular weight is 490 g/mol. The monoisotopic (exact) mass is 489 g/mol. The summed E-state index contributed by atoms with van der Waals surface area (Å²) in [6.07, 6.45) is 3.95. The molecule has 0 saturated heterocycles. The SMILES string of the molecule is Cc1cc(NC(=O)C(C)SCC(=O)Nc2sc3c(c2C(=O)c2cccs2)CCCC3)no1. The number of ketones is 1. The molecule has 10 heteroatoms. The lowest BCUT2D eigenvalue weighted by Crippen LogP contribution is -2.25. The van der Waals surface area contributed by atoms with Gasteiger partial charge in [-0.2, -0.15) is 0 Å². The molecule has 168 valence electrons. The summed E-state index contributed by atoms with van der Waals surface area (Å²) in [6, 6.07) is 5.31. The first-order valence-electron chi connectivity index (χ1n) is 10.3. The van der Waals surface area contributed by atoms with Gasteiger partial charge in [-0.1, -0.05) is 11.2 Å². The quantitative estimate of drug-likeness (QED) is 0.436. The maximum absolute atomic E-state index is 13.2. The van der Waals surface area contributed by atoms with Crippen LogP contribution in [0.5, 0.6) is 0 Å². The minimum absolute atomic E-state index is 0.0296. The van der Waals surface area contributed by atoms with E-state index in [0.29, 0.717) is 27.0 Å². The highest BCUT2D eigenvalue weighted by atomic mass is 32.2. The lowest BCUT2D eigenvalue weighted by Gasteiger charge is -2.12. The van der Waals surface area contributed by atoms with Crippen molar-refractivity contribution in [2.45, 2.75) is 44.8 Å². The number of anilines is 2. The van der Waals surface area contributed by atoms with Crippen molar-refractivity contribution in [1.29, 1.82) is 0 Å². The van der Waals surface area contributed by atoms with E-state index in [0.717, 1.165) is 31.2 Å². The Kier molecular flexibility index (Phi) is 7.12. The van der Waals surface area contributed by atoms with Crippen LogP contribution >= 0.6 is 34.4 Å². The summed E-state index contributed by atoms with van der Waals surface area (Å²) < 4.78 is 4.94. The van der Waals surface area contributed by atoms with Gasteiger partial charge in [0.2, 0.25) is 17.6 Å². The predicted octanol–water partition coefficient (Wildman–Crippen LogP) is 4.91. The van der Waals surface area contributed by atoms with Crippen LogP contribution in [0.25, 0.3) is 0 Å². The molecule has 2 N–H and O–H groups in total. The predicted molar refractivity (Wildman–Crippen MR) is 129 cm³/mol. The molecule has 0 bridgehead atoms. The lowest BCUT2D eigenvalue weighted by molar-refractivity contribution is -0.115. The van der Waals surface area contributed by atoms with Crippen LogP contribution in [0.2, 0.25) is 0 Å². The third-order valence-corrected chi connectivity index (χ3v) is 8.33. The third kappa shape index (κ3) is 5.13. The van der Waals surface area contributed by atoms with E-state index >= 15 is 0 Å². The van der Waals surface area contributed by atoms with Gasteiger partial charge in [-0.15, -0.1) is 34.4 Å². The standard InChI is InChI=1S/C22H23N3O4S3/c1-12-10-17(25-29-12)23-21(28)13(2)31-11-18(26)24-22-19(20(27)16-8-5-9-30-16)14-6-3-4-7-15(14)32-22/h5,8-10,13H,3-4,6-7,11H2,1-2H3,(H,24,26)(H,23,25,28). The van der Waals surface area contributed by atoms with E-state index < -0.39 is 5.25 Å². The second-order valence-electron chi connectivity index (χ2n) is 7.53. The lowest BCUT2D eigenvalue weighted by atomic mass is 9.93. The Morgan fingerprint density at radius 1 is 1.25 bits per heavy atom. The fraction of sp³-hybridized carbons (Fsp3) is 0.364. The Labute approximate surface area is 198 Å². The number of amides is 2. The maximum Gasteiger partial charge on any atom is 0.238 e. The Balaban J connectivity index is 1.41. The summed E-state index contributed by atoms with van der Waals surface area (Å²) in [6.45, 7) is 3.47. The number of hydrogen-bond acceptors (Lipinski definition) is 8. The Morgan fingerprint density at radius 3 is 2.78 bits per heavy atom. The number of rotatable bonds is 8. The first-order chi connectivity index (χ1) is 15.4. The van der Waals surface area contributed by atoms with Crippen LogP contribution in [0.3, 0.4) is 0 Å². The van der Waals surface area contributed by atoms with Crippen LogP contribution in [-0.4, -0.2) is 33.8 Å². The van der Waals surface area contributed by atoms with Gasteiger partial charge in [-0.05, 0) is 56.5 Å². The molecule has 1 atom stereocenters. The second kappa shape index (κ2) is 10.0. The van der Waals surface area contributed by atoms with Gasteiger partial charge >= 0.3 is 0 Å². The second-order valence-corrected chi connectivity index (χ2v) is 10.9. The maximum atomic E-state index is 13.2. The van der Waals surface area contributed by atoms with Crippen LogP contribution in [0.4, 0.5) is 10.8 Å². The number of carbonyl (C=O) groups is 3. The van der Waals surface area contributed by atoms with Crippen molar-refractivity contribution in [3.05, 3.63) is 50.2 Å².